The molecular formula is C12H17ClN2O2. The number of hydrazine groups is 1. The number of hydrogen-bond acceptors (Lipinski definition) is 3. The predicted molar refractivity (Wildman–Crippen MR) is 67.9 cm³/mol. The molecule has 0 saturated carbocycles. The average molecular weight is 257 g/mol. The first-order valence-corrected chi connectivity index (χ1v) is 5.89. The van der Waals surface area contributed by atoms with Gasteiger partial charge >= 0.3 is 0 Å². The van der Waals surface area contributed by atoms with E-state index in [1.165, 1.54) is 0 Å². The third-order valence-electron chi connectivity index (χ3n) is 2.36. The van der Waals surface area contributed by atoms with E-state index in [4.69, 9.17) is 22.2 Å². The van der Waals surface area contributed by atoms with Gasteiger partial charge in [0.05, 0.1) is 6.61 Å². The highest BCUT2D eigenvalue weighted by molar-refractivity contribution is 6.31. The molecule has 1 aromatic carbocycles. The number of carbonyl (C=O) groups is 1. The van der Waals surface area contributed by atoms with Crippen LogP contribution in [0, 0.1) is 6.92 Å². The zero-order chi connectivity index (χ0) is 12.7. The molecule has 0 bridgehead atoms. The Hall–Kier alpha value is -1.26. The minimum absolute atomic E-state index is 0.146. The van der Waals surface area contributed by atoms with Crippen molar-refractivity contribution in [2.24, 2.45) is 5.84 Å². The molecule has 1 aromatic rings. The number of nitrogens with two attached hydrogens (primary N) is 1. The molecule has 17 heavy (non-hydrogen) atoms. The lowest BCUT2D eigenvalue weighted by atomic mass is 10.2. The van der Waals surface area contributed by atoms with Gasteiger partial charge in [-0.25, -0.2) is 5.84 Å². The van der Waals surface area contributed by atoms with Gasteiger partial charge in [0.1, 0.15) is 5.75 Å². The van der Waals surface area contributed by atoms with Gasteiger partial charge in [0.2, 0.25) is 5.91 Å². The Balaban J connectivity index is 2.22. The number of aryl methyl sites for hydroxylation is 1. The molecule has 0 aliphatic heterocycles. The van der Waals surface area contributed by atoms with E-state index in [-0.39, 0.29) is 5.91 Å². The van der Waals surface area contributed by atoms with Crippen LogP contribution in [-0.2, 0) is 4.79 Å². The normalized spacial score (nSPS) is 10.1. The molecule has 5 heteroatoms. The Bertz CT molecular complexity index is 383. The number of unbranched alkanes of at least 4 members (excludes halogenated alkanes) is 1. The number of halogens is 1. The summed E-state index contributed by atoms with van der Waals surface area (Å²) in [6.45, 7) is 2.51. The molecule has 0 radical (unpaired) electrons. The molecule has 1 rings (SSSR count). The maximum absolute atomic E-state index is 10.8. The van der Waals surface area contributed by atoms with E-state index < -0.39 is 0 Å². The van der Waals surface area contributed by atoms with E-state index in [9.17, 15) is 4.79 Å². The number of nitrogens with one attached hydrogen (secondary N) is 1. The van der Waals surface area contributed by atoms with Crippen LogP contribution >= 0.6 is 11.6 Å². The van der Waals surface area contributed by atoms with Gasteiger partial charge in [0.15, 0.2) is 0 Å². The molecule has 3 N–H and O–H groups in total. The molecule has 0 atom stereocenters. The molecule has 0 aliphatic carbocycles. The zero-order valence-electron chi connectivity index (χ0n) is 9.83. The third-order valence-corrected chi connectivity index (χ3v) is 2.78. The summed E-state index contributed by atoms with van der Waals surface area (Å²) in [7, 11) is 0. The molecule has 94 valence electrons. The molecule has 0 unspecified atom stereocenters. The van der Waals surface area contributed by atoms with Crippen LogP contribution < -0.4 is 16.0 Å². The van der Waals surface area contributed by atoms with Gasteiger partial charge in [-0.3, -0.25) is 10.2 Å². The average Bonchev–Trinajstić information content (AvgIpc) is 2.33. The van der Waals surface area contributed by atoms with E-state index in [1.807, 2.05) is 25.1 Å². The first-order valence-electron chi connectivity index (χ1n) is 5.52. The van der Waals surface area contributed by atoms with Crippen molar-refractivity contribution in [2.45, 2.75) is 26.2 Å². The quantitative estimate of drug-likeness (QED) is 0.355. The third kappa shape index (κ3) is 5.06. The minimum Gasteiger partial charge on any atom is -0.494 e. The summed E-state index contributed by atoms with van der Waals surface area (Å²) in [5.41, 5.74) is 3.09. The van der Waals surface area contributed by atoms with Crippen molar-refractivity contribution in [3.8, 4) is 5.75 Å². The second-order valence-corrected chi connectivity index (χ2v) is 4.19. The summed E-state index contributed by atoms with van der Waals surface area (Å²) in [5, 5.41) is 0.733. The smallest absolute Gasteiger partial charge is 0.233 e. The summed E-state index contributed by atoms with van der Waals surface area (Å²) in [6.07, 6.45) is 2.00. The fourth-order valence-corrected chi connectivity index (χ4v) is 1.47. The lowest BCUT2D eigenvalue weighted by Crippen LogP contribution is -2.29. The van der Waals surface area contributed by atoms with Crippen molar-refractivity contribution in [3.63, 3.8) is 0 Å². The fraction of sp³-hybridized carbons (Fsp3) is 0.417. The Labute approximate surface area is 106 Å². The summed E-state index contributed by atoms with van der Waals surface area (Å²) >= 11 is 5.90. The van der Waals surface area contributed by atoms with Gasteiger partial charge in [-0.05, 0) is 43.5 Å². The van der Waals surface area contributed by atoms with Gasteiger partial charge in [-0.1, -0.05) is 11.6 Å². The van der Waals surface area contributed by atoms with E-state index in [0.29, 0.717) is 13.0 Å². The Morgan fingerprint density at radius 1 is 1.47 bits per heavy atom. The van der Waals surface area contributed by atoms with Crippen LogP contribution in [0.2, 0.25) is 5.02 Å². The highest BCUT2D eigenvalue weighted by Gasteiger charge is 2.00. The van der Waals surface area contributed by atoms with Crippen LogP contribution in [0.5, 0.6) is 5.75 Å². The monoisotopic (exact) mass is 256 g/mol. The first kappa shape index (κ1) is 13.8. The van der Waals surface area contributed by atoms with Crippen molar-refractivity contribution < 1.29 is 9.53 Å². The van der Waals surface area contributed by atoms with Crippen LogP contribution in [0.4, 0.5) is 0 Å². The van der Waals surface area contributed by atoms with Crippen LogP contribution in [0.3, 0.4) is 0 Å². The lowest BCUT2D eigenvalue weighted by Gasteiger charge is -2.07. The molecule has 1 amide bonds. The Morgan fingerprint density at radius 2 is 2.24 bits per heavy atom. The van der Waals surface area contributed by atoms with Gasteiger partial charge < -0.3 is 4.74 Å². The first-order chi connectivity index (χ1) is 8.13. The van der Waals surface area contributed by atoms with E-state index >= 15 is 0 Å². The molecule has 0 heterocycles. The van der Waals surface area contributed by atoms with Crippen LogP contribution in [-0.4, -0.2) is 12.5 Å². The maximum atomic E-state index is 10.8. The molecule has 0 aromatic heterocycles. The Kier molecular flexibility index (Phi) is 5.80. The maximum Gasteiger partial charge on any atom is 0.233 e. The van der Waals surface area contributed by atoms with Gasteiger partial charge in [0, 0.05) is 11.4 Å². The standard InChI is InChI=1S/C12H17ClN2O2/c1-9-8-10(5-6-11(9)13)17-7-3-2-4-12(16)15-14/h5-6,8H,2-4,7,14H2,1H3,(H,15,16). The van der Waals surface area contributed by atoms with Crippen molar-refractivity contribution >= 4 is 17.5 Å². The van der Waals surface area contributed by atoms with Crippen molar-refractivity contribution in [3.05, 3.63) is 28.8 Å². The van der Waals surface area contributed by atoms with Crippen LogP contribution in [0.1, 0.15) is 24.8 Å². The van der Waals surface area contributed by atoms with Crippen LogP contribution in [0.25, 0.3) is 0 Å². The molecule has 0 saturated heterocycles. The highest BCUT2D eigenvalue weighted by Crippen LogP contribution is 2.21. The molecule has 0 aliphatic rings. The van der Waals surface area contributed by atoms with E-state index in [0.717, 1.165) is 29.2 Å². The number of ether oxygens (including phenoxy) is 1. The fourth-order valence-electron chi connectivity index (χ4n) is 1.36. The van der Waals surface area contributed by atoms with Gasteiger partial charge in [0.25, 0.3) is 0 Å². The predicted octanol–water partition coefficient (Wildman–Crippen LogP) is 2.19. The number of hydrogen-bond donors (Lipinski definition) is 2. The van der Waals surface area contributed by atoms with E-state index in [1.54, 1.807) is 0 Å². The summed E-state index contributed by atoms with van der Waals surface area (Å²) in [6, 6.07) is 5.55. The number of rotatable bonds is 6. The Morgan fingerprint density at radius 3 is 2.88 bits per heavy atom. The molecule has 0 spiro atoms. The SMILES string of the molecule is Cc1cc(OCCCCC(=O)NN)ccc1Cl. The minimum atomic E-state index is -0.146. The van der Waals surface area contributed by atoms with Crippen molar-refractivity contribution in [1.82, 2.24) is 5.43 Å². The summed E-state index contributed by atoms with van der Waals surface area (Å²) in [5.74, 6) is 5.62. The number of benzene rings is 1. The number of amides is 1. The zero-order valence-corrected chi connectivity index (χ0v) is 10.6. The molecule has 0 fully saturated rings. The molecule has 4 nitrogen and oxygen atoms in total. The second-order valence-electron chi connectivity index (χ2n) is 3.78. The van der Waals surface area contributed by atoms with Gasteiger partial charge in [-0.2, -0.15) is 0 Å². The van der Waals surface area contributed by atoms with Crippen LogP contribution in [0.15, 0.2) is 18.2 Å². The van der Waals surface area contributed by atoms with E-state index in [2.05, 4.69) is 5.43 Å². The molecular weight excluding hydrogens is 240 g/mol. The van der Waals surface area contributed by atoms with Crippen molar-refractivity contribution in [2.75, 3.05) is 6.61 Å². The second kappa shape index (κ2) is 7.14. The number of carbonyl (C=O) groups excluding carboxylic acids is 1. The topological polar surface area (TPSA) is 64.3 Å². The van der Waals surface area contributed by atoms with Crippen molar-refractivity contribution in [1.29, 1.82) is 0 Å². The van der Waals surface area contributed by atoms with Gasteiger partial charge in [-0.15, -0.1) is 0 Å². The summed E-state index contributed by atoms with van der Waals surface area (Å²) in [4.78, 5) is 10.8. The largest absolute Gasteiger partial charge is 0.494 e. The highest BCUT2D eigenvalue weighted by atomic mass is 35.5. The lowest BCUT2D eigenvalue weighted by molar-refractivity contribution is -0.121. The summed E-state index contributed by atoms with van der Waals surface area (Å²) < 4.78 is 5.54.